The van der Waals surface area contributed by atoms with Gasteiger partial charge in [0.25, 0.3) is 0 Å². The van der Waals surface area contributed by atoms with Gasteiger partial charge in [0.1, 0.15) is 5.78 Å². The van der Waals surface area contributed by atoms with Crippen LogP contribution in [-0.2, 0) is 14.6 Å². The zero-order chi connectivity index (χ0) is 21.4. The summed E-state index contributed by atoms with van der Waals surface area (Å²) < 4.78 is 25.1. The van der Waals surface area contributed by atoms with Crippen LogP contribution >= 0.6 is 0 Å². The lowest BCUT2D eigenvalue weighted by Crippen LogP contribution is -2.10. The zero-order valence-corrected chi connectivity index (χ0v) is 18.1. The maximum Gasteiger partial charge on any atom is 0.181 e. The maximum atomic E-state index is 12.6. The third-order valence-electron chi connectivity index (χ3n) is 6.52. The van der Waals surface area contributed by atoms with Gasteiger partial charge >= 0.3 is 0 Å². The van der Waals surface area contributed by atoms with Crippen molar-refractivity contribution in [1.29, 1.82) is 0 Å². The minimum atomic E-state index is -3.20. The summed E-state index contributed by atoms with van der Waals surface area (Å²) in [4.78, 5) is 20.2. The molecule has 0 bridgehead atoms. The SMILES string of the molecule is O=C1CC[C@H](CC(c2ccc(S(=O)(=O)C3CC3)cc2)c2ccc(-c3ccccn3)[nH]2)C1. The number of benzene rings is 1. The number of hydrogen-bond acceptors (Lipinski definition) is 4. The number of H-pyrrole nitrogens is 1. The van der Waals surface area contributed by atoms with Gasteiger partial charge in [-0.15, -0.1) is 0 Å². The number of pyridine rings is 1. The number of nitrogens with zero attached hydrogens (tertiary/aromatic N) is 1. The van der Waals surface area contributed by atoms with Crippen molar-refractivity contribution in [3.63, 3.8) is 0 Å². The average Bonchev–Trinajstić information content (AvgIpc) is 3.41. The first-order valence-corrected chi connectivity index (χ1v) is 12.5. The van der Waals surface area contributed by atoms with Gasteiger partial charge < -0.3 is 4.98 Å². The predicted molar refractivity (Wildman–Crippen MR) is 119 cm³/mol. The van der Waals surface area contributed by atoms with Crippen molar-refractivity contribution in [2.24, 2.45) is 5.92 Å². The van der Waals surface area contributed by atoms with E-state index in [1.807, 2.05) is 36.4 Å². The molecule has 2 heterocycles. The van der Waals surface area contributed by atoms with Crippen LogP contribution in [0.2, 0.25) is 0 Å². The van der Waals surface area contributed by atoms with Crippen molar-refractivity contribution in [2.75, 3.05) is 0 Å². The molecular weight excluding hydrogens is 408 g/mol. The van der Waals surface area contributed by atoms with E-state index in [1.165, 1.54) is 0 Å². The Balaban J connectivity index is 1.46. The maximum absolute atomic E-state index is 12.6. The van der Waals surface area contributed by atoms with Crippen LogP contribution in [0.5, 0.6) is 0 Å². The molecule has 5 rings (SSSR count). The fraction of sp³-hybridized carbons (Fsp3) is 0.360. The largest absolute Gasteiger partial charge is 0.357 e. The van der Waals surface area contributed by atoms with Crippen molar-refractivity contribution in [2.45, 2.75) is 54.6 Å². The third-order valence-corrected chi connectivity index (χ3v) is 8.79. The van der Waals surface area contributed by atoms with E-state index in [2.05, 4.69) is 16.0 Å². The Hall–Kier alpha value is -2.73. The van der Waals surface area contributed by atoms with Gasteiger partial charge in [-0.1, -0.05) is 18.2 Å². The Kier molecular flexibility index (Phi) is 5.26. The van der Waals surface area contributed by atoms with Crippen LogP contribution in [0, 0.1) is 5.92 Å². The average molecular weight is 435 g/mol. The van der Waals surface area contributed by atoms with Crippen LogP contribution in [0.3, 0.4) is 0 Å². The van der Waals surface area contributed by atoms with Crippen LogP contribution in [0.15, 0.2) is 65.7 Å². The van der Waals surface area contributed by atoms with Gasteiger partial charge in [-0.3, -0.25) is 9.78 Å². The Labute approximate surface area is 182 Å². The summed E-state index contributed by atoms with van der Waals surface area (Å²) in [5.74, 6) is 0.773. The number of carbonyl (C=O) groups excluding carboxylic acids is 1. The summed E-state index contributed by atoms with van der Waals surface area (Å²) in [6, 6.07) is 17.3. The first-order chi connectivity index (χ1) is 15.0. The van der Waals surface area contributed by atoms with Crippen LogP contribution < -0.4 is 0 Å². The van der Waals surface area contributed by atoms with Gasteiger partial charge in [0.15, 0.2) is 9.84 Å². The predicted octanol–water partition coefficient (Wildman–Crippen LogP) is 4.90. The van der Waals surface area contributed by atoms with Crippen molar-refractivity contribution in [1.82, 2.24) is 9.97 Å². The smallest absolute Gasteiger partial charge is 0.181 e. The standard InChI is InChI=1S/C25H26N2O3S/c28-19-7-4-17(15-19)16-22(23-12-13-25(27-23)24-3-1-2-14-26-24)18-5-8-20(9-6-18)31(29,30)21-10-11-21/h1-3,5-6,8-9,12-14,17,21-22,27H,4,7,10-11,15-16H2/t17-,22?/m0/s1. The lowest BCUT2D eigenvalue weighted by molar-refractivity contribution is -0.117. The Morgan fingerprint density at radius 3 is 2.45 bits per heavy atom. The molecule has 0 radical (unpaired) electrons. The molecule has 2 aromatic heterocycles. The van der Waals surface area contributed by atoms with E-state index in [9.17, 15) is 13.2 Å². The second-order valence-corrected chi connectivity index (χ2v) is 11.0. The molecule has 0 spiro atoms. The Morgan fingerprint density at radius 2 is 1.81 bits per heavy atom. The Bertz CT molecular complexity index is 1180. The summed E-state index contributed by atoms with van der Waals surface area (Å²) in [6.45, 7) is 0. The molecule has 2 saturated carbocycles. The number of sulfone groups is 1. The van der Waals surface area contributed by atoms with Crippen molar-refractivity contribution in [3.05, 3.63) is 72.1 Å². The van der Waals surface area contributed by atoms with Crippen molar-refractivity contribution >= 4 is 15.6 Å². The highest BCUT2D eigenvalue weighted by molar-refractivity contribution is 7.92. The molecule has 31 heavy (non-hydrogen) atoms. The molecule has 160 valence electrons. The summed E-state index contributed by atoms with van der Waals surface area (Å²) in [5, 5.41) is -0.206. The fourth-order valence-electron chi connectivity index (χ4n) is 4.62. The van der Waals surface area contributed by atoms with Gasteiger partial charge in [0, 0.05) is 30.7 Å². The van der Waals surface area contributed by atoms with Crippen LogP contribution in [0.25, 0.3) is 11.4 Å². The molecule has 6 heteroatoms. The lowest BCUT2D eigenvalue weighted by atomic mass is 9.86. The normalized spacial score (nSPS) is 20.1. The van der Waals surface area contributed by atoms with Gasteiger partial charge in [0.2, 0.25) is 0 Å². The van der Waals surface area contributed by atoms with E-state index < -0.39 is 9.84 Å². The molecule has 1 unspecified atom stereocenters. The van der Waals surface area contributed by atoms with Gasteiger partial charge in [-0.2, -0.15) is 0 Å². The number of rotatable bonds is 7. The first-order valence-electron chi connectivity index (χ1n) is 11.0. The molecule has 0 amide bonds. The van der Waals surface area contributed by atoms with E-state index in [0.29, 0.717) is 29.4 Å². The number of aromatic nitrogens is 2. The summed E-state index contributed by atoms with van der Waals surface area (Å²) in [5.41, 5.74) is 3.98. The molecule has 3 aromatic rings. The molecule has 2 atom stereocenters. The number of aromatic amines is 1. The van der Waals surface area contributed by atoms with Gasteiger partial charge in [0.05, 0.1) is 21.5 Å². The molecule has 1 N–H and O–H groups in total. The zero-order valence-electron chi connectivity index (χ0n) is 17.3. The van der Waals surface area contributed by atoms with E-state index in [0.717, 1.165) is 48.3 Å². The van der Waals surface area contributed by atoms with E-state index in [4.69, 9.17) is 0 Å². The highest BCUT2D eigenvalue weighted by atomic mass is 32.2. The highest BCUT2D eigenvalue weighted by Gasteiger charge is 2.37. The highest BCUT2D eigenvalue weighted by Crippen LogP contribution is 2.38. The number of carbonyl (C=O) groups is 1. The van der Waals surface area contributed by atoms with E-state index >= 15 is 0 Å². The van der Waals surface area contributed by atoms with Gasteiger partial charge in [-0.05, 0) is 73.6 Å². The first kappa shape index (κ1) is 20.2. The molecule has 2 aliphatic rings. The third kappa shape index (κ3) is 4.22. The monoisotopic (exact) mass is 434 g/mol. The molecular formula is C25H26N2O3S. The number of ketones is 1. The quantitative estimate of drug-likeness (QED) is 0.573. The molecule has 1 aromatic carbocycles. The molecule has 0 saturated heterocycles. The lowest BCUT2D eigenvalue weighted by Gasteiger charge is -2.20. The van der Waals surface area contributed by atoms with Crippen LogP contribution in [0.4, 0.5) is 0 Å². The van der Waals surface area contributed by atoms with Crippen molar-refractivity contribution < 1.29 is 13.2 Å². The van der Waals surface area contributed by atoms with Crippen molar-refractivity contribution in [3.8, 4) is 11.4 Å². The summed E-state index contributed by atoms with van der Waals surface area (Å²) in [6.07, 6.45) is 6.40. The van der Waals surface area contributed by atoms with Crippen LogP contribution in [-0.4, -0.2) is 29.4 Å². The second kappa shape index (κ2) is 8.08. The number of hydrogen-bond donors (Lipinski definition) is 1. The number of nitrogens with one attached hydrogen (secondary N) is 1. The van der Waals surface area contributed by atoms with E-state index in [1.54, 1.807) is 18.3 Å². The molecule has 2 fully saturated rings. The summed E-state index contributed by atoms with van der Waals surface area (Å²) in [7, 11) is -3.20. The molecule has 2 aliphatic carbocycles. The summed E-state index contributed by atoms with van der Waals surface area (Å²) >= 11 is 0. The second-order valence-electron chi connectivity index (χ2n) is 8.79. The van der Waals surface area contributed by atoms with Gasteiger partial charge in [-0.25, -0.2) is 8.42 Å². The minimum Gasteiger partial charge on any atom is -0.357 e. The number of Topliss-reactive ketones (excluding diaryl/α,β-unsaturated/α-hetero) is 1. The minimum absolute atomic E-state index is 0.0750. The molecule has 5 nitrogen and oxygen atoms in total. The topological polar surface area (TPSA) is 79.9 Å². The van der Waals surface area contributed by atoms with E-state index in [-0.39, 0.29) is 11.2 Å². The molecule has 0 aliphatic heterocycles. The van der Waals surface area contributed by atoms with Crippen LogP contribution in [0.1, 0.15) is 55.7 Å². The fourth-order valence-corrected chi connectivity index (χ4v) is 6.27. The Morgan fingerprint density at radius 1 is 1.00 bits per heavy atom.